The third-order valence-corrected chi connectivity index (χ3v) is 1.71. The highest BCUT2D eigenvalue weighted by molar-refractivity contribution is 6.17. The van der Waals surface area contributed by atoms with Crippen molar-refractivity contribution < 1.29 is 0 Å². The summed E-state index contributed by atoms with van der Waals surface area (Å²) in [7, 11) is 0. The zero-order valence-corrected chi connectivity index (χ0v) is 7.72. The summed E-state index contributed by atoms with van der Waals surface area (Å²) < 4.78 is 0. The lowest BCUT2D eigenvalue weighted by atomic mass is 10.3. The van der Waals surface area contributed by atoms with Gasteiger partial charge in [-0.3, -0.25) is 4.90 Å². The van der Waals surface area contributed by atoms with Crippen LogP contribution in [0.1, 0.15) is 12.8 Å². The van der Waals surface area contributed by atoms with E-state index < -0.39 is 0 Å². The minimum Gasteiger partial charge on any atom is -0.277 e. The fourth-order valence-corrected chi connectivity index (χ4v) is 1.03. The van der Waals surface area contributed by atoms with Gasteiger partial charge in [0.15, 0.2) is 0 Å². The molecule has 0 amide bonds. The van der Waals surface area contributed by atoms with Crippen molar-refractivity contribution in [2.45, 2.75) is 12.8 Å². The van der Waals surface area contributed by atoms with Crippen LogP contribution in [-0.4, -0.2) is 30.4 Å². The van der Waals surface area contributed by atoms with E-state index >= 15 is 0 Å². The molecule has 0 atom stereocenters. The number of nitriles is 2. The van der Waals surface area contributed by atoms with Crippen LogP contribution in [0.3, 0.4) is 0 Å². The van der Waals surface area contributed by atoms with Gasteiger partial charge < -0.3 is 0 Å². The second-order valence-electron chi connectivity index (χ2n) is 2.42. The van der Waals surface area contributed by atoms with Crippen LogP contribution in [0.15, 0.2) is 0 Å². The van der Waals surface area contributed by atoms with Crippen LogP contribution in [-0.2, 0) is 0 Å². The minimum atomic E-state index is 0.329. The Labute approximate surface area is 78.1 Å². The van der Waals surface area contributed by atoms with E-state index in [0.29, 0.717) is 19.0 Å². The van der Waals surface area contributed by atoms with E-state index in [4.69, 9.17) is 22.1 Å². The maximum Gasteiger partial charge on any atom is 0.0874 e. The van der Waals surface area contributed by atoms with Crippen LogP contribution in [0.5, 0.6) is 0 Å². The summed E-state index contributed by atoms with van der Waals surface area (Å²) in [5, 5.41) is 16.8. The molecule has 0 aliphatic carbocycles. The maximum absolute atomic E-state index is 8.39. The lowest BCUT2D eigenvalue weighted by molar-refractivity contribution is 0.336. The highest BCUT2D eigenvalue weighted by atomic mass is 35.5. The van der Waals surface area contributed by atoms with Crippen molar-refractivity contribution in [1.29, 1.82) is 10.5 Å². The van der Waals surface area contributed by atoms with Gasteiger partial charge in [0.1, 0.15) is 0 Å². The van der Waals surface area contributed by atoms with E-state index in [0.717, 1.165) is 19.4 Å². The molecule has 0 aromatic carbocycles. The molecule has 0 saturated carbocycles. The molecule has 0 aliphatic heterocycles. The van der Waals surface area contributed by atoms with Gasteiger partial charge in [-0.15, -0.1) is 11.6 Å². The molecule has 0 rings (SSSR count). The summed E-state index contributed by atoms with van der Waals surface area (Å²) in [4.78, 5) is 1.81. The van der Waals surface area contributed by atoms with Gasteiger partial charge in [0, 0.05) is 12.4 Å². The monoisotopic (exact) mass is 185 g/mol. The number of alkyl halides is 1. The Hall–Kier alpha value is -0.770. The van der Waals surface area contributed by atoms with Crippen molar-refractivity contribution >= 4 is 11.6 Å². The Morgan fingerprint density at radius 3 is 2.08 bits per heavy atom. The van der Waals surface area contributed by atoms with Crippen LogP contribution in [0.25, 0.3) is 0 Å². The molecule has 0 aliphatic rings. The molecule has 0 heterocycles. The Morgan fingerprint density at radius 2 is 1.67 bits per heavy atom. The Morgan fingerprint density at radius 1 is 1.08 bits per heavy atom. The molecule has 0 spiro atoms. The highest BCUT2D eigenvalue weighted by Crippen LogP contribution is 1.95. The van der Waals surface area contributed by atoms with Crippen molar-refractivity contribution in [3.63, 3.8) is 0 Å². The van der Waals surface area contributed by atoms with E-state index in [1.165, 1.54) is 0 Å². The Bertz CT molecular complexity index is 164. The predicted molar refractivity (Wildman–Crippen MR) is 47.6 cm³/mol. The van der Waals surface area contributed by atoms with E-state index in [2.05, 4.69) is 0 Å². The Kier molecular flexibility index (Phi) is 7.79. The lowest BCUT2D eigenvalue weighted by Crippen LogP contribution is -2.25. The number of nitrogens with zero attached hydrogens (tertiary/aromatic N) is 3. The molecule has 0 aromatic rings. The first-order valence-electron chi connectivity index (χ1n) is 3.87. The molecule has 0 aromatic heterocycles. The van der Waals surface area contributed by atoms with Gasteiger partial charge in [0.25, 0.3) is 0 Å². The minimum absolute atomic E-state index is 0.329. The first-order valence-corrected chi connectivity index (χ1v) is 4.40. The zero-order valence-electron chi connectivity index (χ0n) is 6.96. The topological polar surface area (TPSA) is 50.8 Å². The van der Waals surface area contributed by atoms with Gasteiger partial charge >= 0.3 is 0 Å². The average Bonchev–Trinajstić information content (AvgIpc) is 2.06. The van der Waals surface area contributed by atoms with Gasteiger partial charge in [0.2, 0.25) is 0 Å². The molecule has 4 heteroatoms. The number of hydrogen-bond acceptors (Lipinski definition) is 3. The summed E-state index contributed by atoms with van der Waals surface area (Å²) in [6.45, 7) is 1.44. The van der Waals surface area contributed by atoms with Gasteiger partial charge in [-0.1, -0.05) is 0 Å². The van der Waals surface area contributed by atoms with Gasteiger partial charge in [-0.25, -0.2) is 0 Å². The molecule has 0 N–H and O–H groups in total. The Balaban J connectivity index is 3.51. The van der Waals surface area contributed by atoms with Crippen LogP contribution in [0.4, 0.5) is 0 Å². The molecule has 0 saturated heterocycles. The highest BCUT2D eigenvalue weighted by Gasteiger charge is 2.01. The summed E-state index contributed by atoms with van der Waals surface area (Å²) in [6, 6.07) is 4.04. The van der Waals surface area contributed by atoms with E-state index in [9.17, 15) is 0 Å². The molecule has 0 unspecified atom stereocenters. The molecular formula is C8H12ClN3. The smallest absolute Gasteiger partial charge is 0.0874 e. The van der Waals surface area contributed by atoms with Gasteiger partial charge in [0.05, 0.1) is 25.2 Å². The second kappa shape index (κ2) is 8.33. The van der Waals surface area contributed by atoms with Crippen LogP contribution in [0.2, 0.25) is 0 Å². The molecule has 0 fully saturated rings. The molecule has 0 bridgehead atoms. The fraction of sp³-hybridized carbons (Fsp3) is 0.750. The molecule has 66 valence electrons. The van der Waals surface area contributed by atoms with Crippen LogP contribution >= 0.6 is 11.6 Å². The average molecular weight is 186 g/mol. The summed E-state index contributed by atoms with van der Waals surface area (Å²) in [5.41, 5.74) is 0. The second-order valence-corrected chi connectivity index (χ2v) is 2.80. The standard InChI is InChI=1S/C8H12ClN3/c9-3-1-2-6-12(7-4-10)8-5-11/h1-3,6-8H2. The normalized spacial score (nSPS) is 9.33. The maximum atomic E-state index is 8.39. The summed E-state index contributed by atoms with van der Waals surface area (Å²) in [5.74, 6) is 0.646. The van der Waals surface area contributed by atoms with Gasteiger partial charge in [-0.2, -0.15) is 10.5 Å². The SMILES string of the molecule is N#CCN(CC#N)CCCCCl. The van der Waals surface area contributed by atoms with E-state index in [1.807, 2.05) is 17.0 Å². The number of hydrogen-bond donors (Lipinski definition) is 0. The summed E-state index contributed by atoms with van der Waals surface area (Å²) in [6.07, 6.45) is 1.89. The molecular weight excluding hydrogens is 174 g/mol. The van der Waals surface area contributed by atoms with Crippen LogP contribution < -0.4 is 0 Å². The van der Waals surface area contributed by atoms with E-state index in [-0.39, 0.29) is 0 Å². The van der Waals surface area contributed by atoms with Crippen molar-refractivity contribution in [1.82, 2.24) is 4.90 Å². The summed E-state index contributed by atoms with van der Waals surface area (Å²) >= 11 is 5.49. The number of halogens is 1. The van der Waals surface area contributed by atoms with Crippen molar-refractivity contribution in [3.8, 4) is 12.1 Å². The molecule has 3 nitrogen and oxygen atoms in total. The first-order chi connectivity index (χ1) is 5.85. The van der Waals surface area contributed by atoms with Crippen molar-refractivity contribution in [2.75, 3.05) is 25.5 Å². The fourth-order valence-electron chi connectivity index (χ4n) is 0.844. The third kappa shape index (κ3) is 5.97. The predicted octanol–water partition coefficient (Wildman–Crippen LogP) is 1.35. The quantitative estimate of drug-likeness (QED) is 0.357. The largest absolute Gasteiger partial charge is 0.277 e. The van der Waals surface area contributed by atoms with Gasteiger partial charge in [-0.05, 0) is 12.8 Å². The van der Waals surface area contributed by atoms with E-state index in [1.54, 1.807) is 0 Å². The first kappa shape index (κ1) is 11.2. The number of unbranched alkanes of at least 4 members (excludes halogenated alkanes) is 1. The zero-order chi connectivity index (χ0) is 9.23. The molecule has 12 heavy (non-hydrogen) atoms. The third-order valence-electron chi connectivity index (χ3n) is 1.45. The van der Waals surface area contributed by atoms with Crippen molar-refractivity contribution in [2.24, 2.45) is 0 Å². The van der Waals surface area contributed by atoms with Crippen LogP contribution in [0, 0.1) is 22.7 Å². The molecule has 0 radical (unpaired) electrons. The number of rotatable bonds is 6. The lowest BCUT2D eigenvalue weighted by Gasteiger charge is -2.13. The van der Waals surface area contributed by atoms with Crippen molar-refractivity contribution in [3.05, 3.63) is 0 Å².